The lowest BCUT2D eigenvalue weighted by Crippen LogP contribution is -2.44. The van der Waals surface area contributed by atoms with Crippen molar-refractivity contribution in [3.63, 3.8) is 0 Å². The van der Waals surface area contributed by atoms with Crippen LogP contribution in [0.5, 0.6) is 0 Å². The molecule has 0 spiro atoms. The van der Waals surface area contributed by atoms with Gasteiger partial charge >= 0.3 is 0 Å². The SMILES string of the molecule is CC(C)(C)CC(=O)NC1CCCC1N. The van der Waals surface area contributed by atoms with Crippen LogP contribution in [-0.4, -0.2) is 18.0 Å². The topological polar surface area (TPSA) is 55.1 Å². The smallest absolute Gasteiger partial charge is 0.220 e. The van der Waals surface area contributed by atoms with Crippen LogP contribution in [0.1, 0.15) is 46.5 Å². The molecule has 0 radical (unpaired) electrons. The first-order valence-electron chi connectivity index (χ1n) is 5.43. The van der Waals surface area contributed by atoms with Crippen LogP contribution in [0.3, 0.4) is 0 Å². The van der Waals surface area contributed by atoms with E-state index in [-0.39, 0.29) is 23.4 Å². The zero-order valence-corrected chi connectivity index (χ0v) is 9.47. The number of carbonyl (C=O) groups is 1. The maximum Gasteiger partial charge on any atom is 0.220 e. The first-order valence-corrected chi connectivity index (χ1v) is 5.43. The molecule has 0 heterocycles. The van der Waals surface area contributed by atoms with Crippen molar-refractivity contribution in [1.82, 2.24) is 5.32 Å². The van der Waals surface area contributed by atoms with Gasteiger partial charge in [0.05, 0.1) is 0 Å². The minimum Gasteiger partial charge on any atom is -0.352 e. The Morgan fingerprint density at radius 3 is 2.50 bits per heavy atom. The Kier molecular flexibility index (Phi) is 3.53. The third kappa shape index (κ3) is 3.66. The van der Waals surface area contributed by atoms with E-state index in [1.807, 2.05) is 0 Å². The van der Waals surface area contributed by atoms with Crippen molar-refractivity contribution in [3.8, 4) is 0 Å². The van der Waals surface area contributed by atoms with Crippen molar-refractivity contribution in [2.75, 3.05) is 0 Å². The van der Waals surface area contributed by atoms with Gasteiger partial charge < -0.3 is 11.1 Å². The average molecular weight is 198 g/mol. The molecular formula is C11H22N2O. The van der Waals surface area contributed by atoms with Crippen molar-refractivity contribution in [2.45, 2.75) is 58.5 Å². The van der Waals surface area contributed by atoms with Crippen LogP contribution in [0.15, 0.2) is 0 Å². The molecule has 0 aromatic carbocycles. The van der Waals surface area contributed by atoms with Crippen LogP contribution in [-0.2, 0) is 4.79 Å². The molecule has 82 valence electrons. The molecule has 0 aliphatic heterocycles. The first kappa shape index (κ1) is 11.5. The van der Waals surface area contributed by atoms with Crippen molar-refractivity contribution < 1.29 is 4.79 Å². The van der Waals surface area contributed by atoms with Gasteiger partial charge in [-0.3, -0.25) is 4.79 Å². The fourth-order valence-electron chi connectivity index (χ4n) is 1.91. The number of nitrogens with one attached hydrogen (secondary N) is 1. The molecule has 1 aliphatic carbocycles. The maximum absolute atomic E-state index is 11.6. The molecular weight excluding hydrogens is 176 g/mol. The molecule has 0 aromatic heterocycles. The molecule has 0 bridgehead atoms. The average Bonchev–Trinajstić information content (AvgIpc) is 2.32. The second kappa shape index (κ2) is 4.30. The third-order valence-electron chi connectivity index (χ3n) is 2.61. The van der Waals surface area contributed by atoms with Gasteiger partial charge in [-0.1, -0.05) is 20.8 Å². The van der Waals surface area contributed by atoms with Crippen LogP contribution >= 0.6 is 0 Å². The van der Waals surface area contributed by atoms with Crippen LogP contribution in [0, 0.1) is 5.41 Å². The monoisotopic (exact) mass is 198 g/mol. The highest BCUT2D eigenvalue weighted by Gasteiger charge is 2.26. The molecule has 3 heteroatoms. The molecule has 0 aromatic rings. The van der Waals surface area contributed by atoms with Crippen molar-refractivity contribution in [3.05, 3.63) is 0 Å². The van der Waals surface area contributed by atoms with Crippen molar-refractivity contribution in [1.29, 1.82) is 0 Å². The third-order valence-corrected chi connectivity index (χ3v) is 2.61. The normalized spacial score (nSPS) is 27.7. The zero-order valence-electron chi connectivity index (χ0n) is 9.47. The number of nitrogens with two attached hydrogens (primary N) is 1. The summed E-state index contributed by atoms with van der Waals surface area (Å²) in [6.07, 6.45) is 3.80. The molecule has 2 unspecified atom stereocenters. The molecule has 3 nitrogen and oxygen atoms in total. The van der Waals surface area contributed by atoms with Gasteiger partial charge in [-0.25, -0.2) is 0 Å². The van der Waals surface area contributed by atoms with E-state index in [0.717, 1.165) is 19.3 Å². The van der Waals surface area contributed by atoms with Gasteiger partial charge in [0.2, 0.25) is 5.91 Å². The van der Waals surface area contributed by atoms with E-state index in [4.69, 9.17) is 5.73 Å². The lowest BCUT2D eigenvalue weighted by molar-refractivity contribution is -0.123. The number of rotatable bonds is 2. The Morgan fingerprint density at radius 1 is 1.43 bits per heavy atom. The fraction of sp³-hybridized carbons (Fsp3) is 0.909. The van der Waals surface area contributed by atoms with Gasteiger partial charge in [-0.05, 0) is 24.7 Å². The van der Waals surface area contributed by atoms with Crippen molar-refractivity contribution in [2.24, 2.45) is 11.1 Å². The number of hydrogen-bond donors (Lipinski definition) is 2. The highest BCUT2D eigenvalue weighted by molar-refractivity contribution is 5.77. The number of amides is 1. The maximum atomic E-state index is 11.6. The first-order chi connectivity index (χ1) is 6.38. The summed E-state index contributed by atoms with van der Waals surface area (Å²) in [5.74, 6) is 0.139. The van der Waals surface area contributed by atoms with E-state index in [1.165, 1.54) is 0 Å². The van der Waals surface area contributed by atoms with Gasteiger partial charge in [0.25, 0.3) is 0 Å². The number of hydrogen-bond acceptors (Lipinski definition) is 2. The Labute approximate surface area is 86.4 Å². The lowest BCUT2D eigenvalue weighted by atomic mass is 9.92. The largest absolute Gasteiger partial charge is 0.352 e. The molecule has 1 saturated carbocycles. The quantitative estimate of drug-likeness (QED) is 0.705. The van der Waals surface area contributed by atoms with E-state index in [0.29, 0.717) is 6.42 Å². The second-order valence-corrected chi connectivity index (χ2v) is 5.51. The summed E-state index contributed by atoms with van der Waals surface area (Å²) in [5, 5.41) is 3.02. The summed E-state index contributed by atoms with van der Waals surface area (Å²) in [7, 11) is 0. The summed E-state index contributed by atoms with van der Waals surface area (Å²) < 4.78 is 0. The summed E-state index contributed by atoms with van der Waals surface area (Å²) in [6.45, 7) is 6.21. The Bertz CT molecular complexity index is 208. The van der Waals surface area contributed by atoms with E-state index < -0.39 is 0 Å². The fourth-order valence-corrected chi connectivity index (χ4v) is 1.91. The second-order valence-electron chi connectivity index (χ2n) is 5.51. The molecule has 1 aliphatic rings. The minimum absolute atomic E-state index is 0.0623. The van der Waals surface area contributed by atoms with E-state index in [9.17, 15) is 4.79 Å². The highest BCUT2D eigenvalue weighted by Crippen LogP contribution is 2.20. The molecule has 1 amide bonds. The van der Waals surface area contributed by atoms with Gasteiger partial charge in [0.15, 0.2) is 0 Å². The van der Waals surface area contributed by atoms with E-state index in [1.54, 1.807) is 0 Å². The standard InChI is InChI=1S/C11H22N2O/c1-11(2,3)7-10(14)13-9-6-4-5-8(9)12/h8-9H,4-7,12H2,1-3H3,(H,13,14). The van der Waals surface area contributed by atoms with Crippen molar-refractivity contribution >= 4 is 5.91 Å². The number of carbonyl (C=O) groups excluding carboxylic acids is 1. The summed E-state index contributed by atoms with van der Waals surface area (Å²) in [4.78, 5) is 11.6. The predicted molar refractivity (Wildman–Crippen MR) is 57.8 cm³/mol. The molecule has 3 N–H and O–H groups in total. The van der Waals surface area contributed by atoms with Gasteiger partial charge in [-0.15, -0.1) is 0 Å². The van der Waals surface area contributed by atoms with Gasteiger partial charge in [0, 0.05) is 18.5 Å². The lowest BCUT2D eigenvalue weighted by Gasteiger charge is -2.21. The minimum atomic E-state index is 0.0623. The van der Waals surface area contributed by atoms with Gasteiger partial charge in [-0.2, -0.15) is 0 Å². The van der Waals surface area contributed by atoms with Gasteiger partial charge in [0.1, 0.15) is 0 Å². The predicted octanol–water partition coefficient (Wildman–Crippen LogP) is 1.42. The Morgan fingerprint density at radius 2 is 2.07 bits per heavy atom. The Hall–Kier alpha value is -0.570. The van der Waals surface area contributed by atoms with Crippen LogP contribution < -0.4 is 11.1 Å². The van der Waals surface area contributed by atoms with Crippen LogP contribution in [0.2, 0.25) is 0 Å². The highest BCUT2D eigenvalue weighted by atomic mass is 16.1. The van der Waals surface area contributed by atoms with Crippen LogP contribution in [0.25, 0.3) is 0 Å². The van der Waals surface area contributed by atoms with E-state index >= 15 is 0 Å². The molecule has 0 saturated heterocycles. The van der Waals surface area contributed by atoms with E-state index in [2.05, 4.69) is 26.1 Å². The summed E-state index contributed by atoms with van der Waals surface area (Å²) in [6, 6.07) is 0.378. The molecule has 1 fully saturated rings. The molecule has 1 rings (SSSR count). The summed E-state index contributed by atoms with van der Waals surface area (Å²) >= 11 is 0. The Balaban J connectivity index is 2.33. The summed E-state index contributed by atoms with van der Waals surface area (Å²) in [5.41, 5.74) is 5.94. The zero-order chi connectivity index (χ0) is 10.8. The molecule has 14 heavy (non-hydrogen) atoms. The molecule has 2 atom stereocenters. The van der Waals surface area contributed by atoms with Crippen LogP contribution in [0.4, 0.5) is 0 Å².